The lowest BCUT2D eigenvalue weighted by molar-refractivity contribution is -0.384. The van der Waals surface area contributed by atoms with Crippen molar-refractivity contribution >= 4 is 40.3 Å². The van der Waals surface area contributed by atoms with Gasteiger partial charge < -0.3 is 5.32 Å². The molecule has 0 aliphatic heterocycles. The minimum Gasteiger partial charge on any atom is -0.321 e. The highest BCUT2D eigenvalue weighted by molar-refractivity contribution is 7.07. The van der Waals surface area contributed by atoms with Crippen LogP contribution >= 0.6 is 11.3 Å². The van der Waals surface area contributed by atoms with Gasteiger partial charge in [-0.1, -0.05) is 36.4 Å². The van der Waals surface area contributed by atoms with Gasteiger partial charge in [-0.25, -0.2) is 0 Å². The van der Waals surface area contributed by atoms with Gasteiger partial charge in [0, 0.05) is 17.8 Å². The maximum atomic E-state index is 13.4. The van der Waals surface area contributed by atoms with Crippen LogP contribution in [0.5, 0.6) is 0 Å². The maximum Gasteiger partial charge on any atom is 0.273 e. The van der Waals surface area contributed by atoms with Gasteiger partial charge in [-0.2, -0.15) is 5.26 Å². The molecule has 0 unspecified atom stereocenters. The molecule has 0 bridgehead atoms. The number of nitrogens with one attached hydrogen (secondary N) is 1. The number of aromatic nitrogens is 1. The Morgan fingerprint density at radius 2 is 1.71 bits per heavy atom. The van der Waals surface area contributed by atoms with Crippen LogP contribution in [0.4, 0.5) is 11.4 Å². The molecule has 0 aliphatic carbocycles. The summed E-state index contributed by atoms with van der Waals surface area (Å²) in [5.74, 6) is -0.630. The van der Waals surface area contributed by atoms with Crippen molar-refractivity contribution in [2.24, 2.45) is 0 Å². The average molecular weight is 483 g/mol. The van der Waals surface area contributed by atoms with Crippen LogP contribution < -0.4 is 20.1 Å². The number of nitro benzene ring substituents is 1. The van der Waals surface area contributed by atoms with Crippen LogP contribution in [0.2, 0.25) is 0 Å². The van der Waals surface area contributed by atoms with Crippen molar-refractivity contribution in [2.45, 2.75) is 6.92 Å². The lowest BCUT2D eigenvalue weighted by Gasteiger charge is -2.08. The Morgan fingerprint density at radius 3 is 2.34 bits per heavy atom. The number of thiazole rings is 1. The summed E-state index contributed by atoms with van der Waals surface area (Å²) in [6.07, 6.45) is 1.58. The summed E-state index contributed by atoms with van der Waals surface area (Å²) >= 11 is 1.00. The molecule has 1 aromatic heterocycles. The van der Waals surface area contributed by atoms with Crippen LogP contribution in [-0.2, 0) is 4.79 Å². The summed E-state index contributed by atoms with van der Waals surface area (Å²) < 4.78 is 1.79. The molecule has 0 saturated carbocycles. The minimum absolute atomic E-state index is 0.0660. The normalized spacial score (nSPS) is 12.1. The molecule has 9 heteroatoms. The largest absolute Gasteiger partial charge is 0.321 e. The van der Waals surface area contributed by atoms with Gasteiger partial charge >= 0.3 is 0 Å². The monoisotopic (exact) mass is 482 g/mol. The molecule has 8 nitrogen and oxygen atoms in total. The number of benzene rings is 3. The number of non-ortho nitro benzene ring substituents is 1. The smallest absolute Gasteiger partial charge is 0.273 e. The number of anilines is 1. The lowest BCUT2D eigenvalue weighted by Crippen LogP contribution is -2.32. The van der Waals surface area contributed by atoms with Crippen LogP contribution in [0.3, 0.4) is 0 Å². The third-order valence-electron chi connectivity index (χ3n) is 5.19. The van der Waals surface area contributed by atoms with Crippen LogP contribution in [-0.4, -0.2) is 15.4 Å². The van der Waals surface area contributed by atoms with Crippen molar-refractivity contribution in [1.29, 1.82) is 5.26 Å². The summed E-state index contributed by atoms with van der Waals surface area (Å²) in [6.45, 7) is 1.84. The summed E-state index contributed by atoms with van der Waals surface area (Å²) in [7, 11) is 0. The van der Waals surface area contributed by atoms with Gasteiger partial charge in [0.15, 0.2) is 5.57 Å². The number of aryl methyl sites for hydroxylation is 1. The first-order chi connectivity index (χ1) is 16.9. The number of hydrogen-bond donors (Lipinski definition) is 1. The quantitative estimate of drug-likeness (QED) is 0.346. The second-order valence-electron chi connectivity index (χ2n) is 7.50. The molecule has 0 atom stereocenters. The van der Waals surface area contributed by atoms with Crippen molar-refractivity contribution in [3.8, 4) is 11.8 Å². The summed E-state index contributed by atoms with van der Waals surface area (Å²) in [6, 6.07) is 23.6. The van der Waals surface area contributed by atoms with E-state index in [2.05, 4.69) is 5.32 Å². The molecule has 0 spiro atoms. The number of amides is 1. The molecule has 4 aromatic rings. The van der Waals surface area contributed by atoms with E-state index in [-0.39, 0.29) is 20.5 Å². The van der Waals surface area contributed by atoms with E-state index in [0.717, 1.165) is 16.9 Å². The summed E-state index contributed by atoms with van der Waals surface area (Å²) in [5.41, 5.74) is 1.79. The average Bonchev–Trinajstić information content (AvgIpc) is 3.17. The van der Waals surface area contributed by atoms with Crippen LogP contribution in [0, 0.1) is 28.4 Å². The van der Waals surface area contributed by atoms with Gasteiger partial charge in [-0.15, -0.1) is 11.3 Å². The van der Waals surface area contributed by atoms with Crippen LogP contribution in [0.25, 0.3) is 17.3 Å². The molecule has 1 N–H and O–H groups in total. The Morgan fingerprint density at radius 1 is 1.06 bits per heavy atom. The van der Waals surface area contributed by atoms with Gasteiger partial charge in [-0.3, -0.25) is 24.3 Å². The molecule has 0 saturated heterocycles. The number of rotatable bonds is 5. The Kier molecular flexibility index (Phi) is 6.66. The third-order valence-corrected chi connectivity index (χ3v) is 6.28. The van der Waals surface area contributed by atoms with Gasteiger partial charge in [0.25, 0.3) is 17.2 Å². The molecule has 35 heavy (non-hydrogen) atoms. The fourth-order valence-corrected chi connectivity index (χ4v) is 4.50. The molecular weight excluding hydrogens is 464 g/mol. The van der Waals surface area contributed by atoms with E-state index in [9.17, 15) is 25.0 Å². The van der Waals surface area contributed by atoms with Crippen LogP contribution in [0.1, 0.15) is 11.1 Å². The fraction of sp³-hybridized carbons (Fsp3) is 0.0385. The van der Waals surface area contributed by atoms with Crippen LogP contribution in [0.15, 0.2) is 83.7 Å². The maximum absolute atomic E-state index is 13.4. The number of carbonyl (C=O) groups is 1. The number of nitriles is 1. The molecule has 1 heterocycles. The Labute approximate surface area is 203 Å². The van der Waals surface area contributed by atoms with E-state index in [1.807, 2.05) is 25.1 Å². The third kappa shape index (κ3) is 4.93. The predicted molar refractivity (Wildman–Crippen MR) is 135 cm³/mol. The molecule has 0 aliphatic rings. The Bertz CT molecular complexity index is 1650. The Hall–Kier alpha value is -4.81. The van der Waals surface area contributed by atoms with E-state index in [1.54, 1.807) is 48.5 Å². The number of hydrogen-bond acceptors (Lipinski definition) is 6. The molecular formula is C26H18N4O4S. The van der Waals surface area contributed by atoms with E-state index < -0.39 is 16.4 Å². The predicted octanol–water partition coefficient (Wildman–Crippen LogP) is 3.26. The van der Waals surface area contributed by atoms with Crippen molar-refractivity contribution in [3.05, 3.63) is 120 Å². The number of para-hydroxylation sites is 2. The van der Waals surface area contributed by atoms with Gasteiger partial charge in [0.2, 0.25) is 0 Å². The zero-order chi connectivity index (χ0) is 24.9. The first-order valence-corrected chi connectivity index (χ1v) is 11.3. The van der Waals surface area contributed by atoms with E-state index in [1.165, 1.54) is 28.8 Å². The topological polar surface area (TPSA) is 118 Å². The molecule has 0 fully saturated rings. The first kappa shape index (κ1) is 23.4. The number of nitrogens with zero attached hydrogens (tertiary/aromatic N) is 3. The first-order valence-electron chi connectivity index (χ1n) is 10.4. The summed E-state index contributed by atoms with van der Waals surface area (Å²) in [4.78, 5) is 36.9. The molecule has 4 rings (SSSR count). The van der Waals surface area contributed by atoms with Crippen molar-refractivity contribution < 1.29 is 9.72 Å². The van der Waals surface area contributed by atoms with E-state index in [0.29, 0.717) is 16.9 Å². The fourth-order valence-electron chi connectivity index (χ4n) is 3.40. The second kappa shape index (κ2) is 9.99. The van der Waals surface area contributed by atoms with Crippen molar-refractivity contribution in [2.75, 3.05) is 5.32 Å². The molecule has 3 aromatic carbocycles. The van der Waals surface area contributed by atoms with Crippen molar-refractivity contribution in [1.82, 2.24) is 4.57 Å². The molecule has 1 amide bonds. The highest BCUT2D eigenvalue weighted by atomic mass is 32.1. The lowest BCUT2D eigenvalue weighted by atomic mass is 10.2. The second-order valence-corrected chi connectivity index (χ2v) is 8.53. The highest BCUT2D eigenvalue weighted by Gasteiger charge is 2.18. The summed E-state index contributed by atoms with van der Waals surface area (Å²) in [5, 5.41) is 23.6. The Balaban J connectivity index is 1.93. The van der Waals surface area contributed by atoms with E-state index in [4.69, 9.17) is 0 Å². The van der Waals surface area contributed by atoms with Crippen molar-refractivity contribution in [3.63, 3.8) is 0 Å². The molecule has 0 radical (unpaired) electrons. The van der Waals surface area contributed by atoms with Gasteiger partial charge in [0.1, 0.15) is 10.7 Å². The molecule has 172 valence electrons. The minimum atomic E-state index is -0.630. The highest BCUT2D eigenvalue weighted by Crippen LogP contribution is 2.15. The zero-order valence-corrected chi connectivity index (χ0v) is 19.3. The van der Waals surface area contributed by atoms with E-state index >= 15 is 0 Å². The number of carbonyl (C=O) groups excluding carboxylic acids is 1. The van der Waals surface area contributed by atoms with Gasteiger partial charge in [-0.05, 0) is 54.5 Å². The number of nitro groups is 1. The van der Waals surface area contributed by atoms with Gasteiger partial charge in [0.05, 0.1) is 15.1 Å². The standard InChI is InChI=1S/C26H18N4O4S/c1-17-7-5-6-10-22(17)28-24(31)21(16-27)26-29(19-8-3-2-4-9-19)25(32)23(35-26)15-18-11-13-20(14-12-18)30(33)34/h2-15H,1H3,(H,28,31). The zero-order valence-electron chi connectivity index (χ0n) is 18.5. The SMILES string of the molecule is Cc1ccccc1NC(=O)C(C#N)=c1sc(=Cc2ccc([N+](=O)[O-])cc2)c(=O)n1-c1ccccc1.